The van der Waals surface area contributed by atoms with Crippen LogP contribution < -0.4 is 0 Å². The standard InChI is InChI=1S/C11H12O2/c1-3-9-6-12-7-10(9)11-5-4-8(2)13-11/h4-7H,3H2,1-2H3. The lowest BCUT2D eigenvalue weighted by molar-refractivity contribution is 0.542. The van der Waals surface area contributed by atoms with Gasteiger partial charge < -0.3 is 8.83 Å². The van der Waals surface area contributed by atoms with Gasteiger partial charge in [0.25, 0.3) is 0 Å². The van der Waals surface area contributed by atoms with Crippen molar-refractivity contribution in [2.75, 3.05) is 0 Å². The SMILES string of the molecule is CCc1cocc1-c1ccc(C)o1. The summed E-state index contributed by atoms with van der Waals surface area (Å²) in [5.41, 5.74) is 2.25. The van der Waals surface area contributed by atoms with Crippen molar-refractivity contribution in [2.24, 2.45) is 0 Å². The Morgan fingerprint density at radius 1 is 1.23 bits per heavy atom. The zero-order valence-corrected chi connectivity index (χ0v) is 7.83. The molecule has 0 bridgehead atoms. The van der Waals surface area contributed by atoms with Gasteiger partial charge in [0.05, 0.1) is 11.8 Å². The molecule has 2 heteroatoms. The first-order valence-electron chi connectivity index (χ1n) is 4.43. The first kappa shape index (κ1) is 8.17. The molecule has 0 unspecified atom stereocenters. The number of furan rings is 2. The second-order valence-corrected chi connectivity index (χ2v) is 3.07. The van der Waals surface area contributed by atoms with Gasteiger partial charge in [-0.25, -0.2) is 0 Å². The average Bonchev–Trinajstić information content (AvgIpc) is 2.71. The highest BCUT2D eigenvalue weighted by Crippen LogP contribution is 2.26. The molecule has 0 radical (unpaired) electrons. The Labute approximate surface area is 77.2 Å². The maximum absolute atomic E-state index is 5.51. The van der Waals surface area contributed by atoms with Gasteiger partial charge in [-0.1, -0.05) is 6.92 Å². The third-order valence-corrected chi connectivity index (χ3v) is 2.13. The molecule has 2 nitrogen and oxygen atoms in total. The zero-order valence-electron chi connectivity index (χ0n) is 7.83. The van der Waals surface area contributed by atoms with E-state index in [9.17, 15) is 0 Å². The van der Waals surface area contributed by atoms with Gasteiger partial charge in [-0.3, -0.25) is 0 Å². The first-order valence-corrected chi connectivity index (χ1v) is 4.43. The Morgan fingerprint density at radius 2 is 2.08 bits per heavy atom. The molecular formula is C11H12O2. The lowest BCUT2D eigenvalue weighted by Crippen LogP contribution is -1.78. The van der Waals surface area contributed by atoms with E-state index in [4.69, 9.17) is 8.83 Å². The molecule has 0 saturated carbocycles. The highest BCUT2D eigenvalue weighted by Gasteiger charge is 2.09. The molecule has 13 heavy (non-hydrogen) atoms. The summed E-state index contributed by atoms with van der Waals surface area (Å²) in [6.45, 7) is 4.04. The number of hydrogen-bond donors (Lipinski definition) is 0. The quantitative estimate of drug-likeness (QED) is 0.700. The van der Waals surface area contributed by atoms with Crippen molar-refractivity contribution >= 4 is 0 Å². The number of hydrogen-bond acceptors (Lipinski definition) is 2. The van der Waals surface area contributed by atoms with Crippen molar-refractivity contribution in [3.8, 4) is 11.3 Å². The zero-order chi connectivity index (χ0) is 9.26. The summed E-state index contributed by atoms with van der Waals surface area (Å²) in [5, 5.41) is 0. The minimum absolute atomic E-state index is 0.892. The Morgan fingerprint density at radius 3 is 2.69 bits per heavy atom. The molecule has 0 saturated heterocycles. The number of rotatable bonds is 2. The predicted octanol–water partition coefficient (Wildman–Crippen LogP) is 3.41. The summed E-state index contributed by atoms with van der Waals surface area (Å²) in [7, 11) is 0. The van der Waals surface area contributed by atoms with Crippen LogP contribution in [0.3, 0.4) is 0 Å². The van der Waals surface area contributed by atoms with E-state index in [0.29, 0.717) is 0 Å². The Hall–Kier alpha value is -1.44. The van der Waals surface area contributed by atoms with Crippen LogP contribution in [0.2, 0.25) is 0 Å². The Kier molecular flexibility index (Phi) is 1.97. The average molecular weight is 176 g/mol. The number of aryl methyl sites for hydroxylation is 2. The molecule has 0 N–H and O–H groups in total. The van der Waals surface area contributed by atoms with Gasteiger partial charge in [0.1, 0.15) is 17.8 Å². The third-order valence-electron chi connectivity index (χ3n) is 2.13. The van der Waals surface area contributed by atoms with E-state index in [2.05, 4.69) is 6.92 Å². The van der Waals surface area contributed by atoms with Crippen LogP contribution in [0.1, 0.15) is 18.2 Å². The van der Waals surface area contributed by atoms with E-state index >= 15 is 0 Å². The van der Waals surface area contributed by atoms with E-state index in [-0.39, 0.29) is 0 Å². The van der Waals surface area contributed by atoms with Gasteiger partial charge >= 0.3 is 0 Å². The fourth-order valence-corrected chi connectivity index (χ4v) is 1.39. The topological polar surface area (TPSA) is 26.3 Å². The summed E-state index contributed by atoms with van der Waals surface area (Å²) in [6.07, 6.45) is 4.47. The van der Waals surface area contributed by atoms with Crippen LogP contribution >= 0.6 is 0 Å². The summed E-state index contributed by atoms with van der Waals surface area (Å²) in [5.74, 6) is 1.82. The molecule has 0 fully saturated rings. The van der Waals surface area contributed by atoms with Crippen LogP contribution in [-0.4, -0.2) is 0 Å². The van der Waals surface area contributed by atoms with Gasteiger partial charge in [-0.15, -0.1) is 0 Å². The van der Waals surface area contributed by atoms with Gasteiger partial charge in [0, 0.05) is 5.56 Å². The van der Waals surface area contributed by atoms with Crippen molar-refractivity contribution in [2.45, 2.75) is 20.3 Å². The molecule has 0 aliphatic carbocycles. The summed E-state index contributed by atoms with van der Waals surface area (Å²) < 4.78 is 10.7. The van der Waals surface area contributed by atoms with Gasteiger partial charge in [-0.2, -0.15) is 0 Å². The molecule has 2 heterocycles. The highest BCUT2D eigenvalue weighted by atomic mass is 16.3. The second kappa shape index (κ2) is 3.13. The fraction of sp³-hybridized carbons (Fsp3) is 0.273. The van der Waals surface area contributed by atoms with E-state index in [1.807, 2.05) is 19.1 Å². The molecule has 0 atom stereocenters. The fourth-order valence-electron chi connectivity index (χ4n) is 1.39. The maximum atomic E-state index is 5.51. The molecule has 0 aromatic carbocycles. The van der Waals surface area contributed by atoms with Crippen molar-refractivity contribution in [3.63, 3.8) is 0 Å². The lowest BCUT2D eigenvalue weighted by atomic mass is 10.1. The smallest absolute Gasteiger partial charge is 0.137 e. The second-order valence-electron chi connectivity index (χ2n) is 3.07. The molecule has 2 aromatic heterocycles. The van der Waals surface area contributed by atoms with Crippen LogP contribution in [0.15, 0.2) is 33.5 Å². The first-order chi connectivity index (χ1) is 6.31. The van der Waals surface area contributed by atoms with E-state index < -0.39 is 0 Å². The molecule has 0 amide bonds. The molecule has 68 valence electrons. The largest absolute Gasteiger partial charge is 0.472 e. The van der Waals surface area contributed by atoms with Crippen molar-refractivity contribution in [3.05, 3.63) is 36.0 Å². The van der Waals surface area contributed by atoms with Crippen molar-refractivity contribution < 1.29 is 8.83 Å². The normalized spacial score (nSPS) is 10.6. The Bertz CT molecular complexity index is 396. The van der Waals surface area contributed by atoms with Gasteiger partial charge in [0.15, 0.2) is 0 Å². The minimum Gasteiger partial charge on any atom is -0.472 e. The van der Waals surface area contributed by atoms with Crippen LogP contribution in [0.5, 0.6) is 0 Å². The molecule has 0 aliphatic heterocycles. The molecule has 0 aliphatic rings. The van der Waals surface area contributed by atoms with Crippen LogP contribution in [-0.2, 0) is 6.42 Å². The van der Waals surface area contributed by atoms with Crippen LogP contribution in [0.4, 0.5) is 0 Å². The summed E-state index contributed by atoms with van der Waals surface area (Å²) in [6, 6.07) is 3.93. The lowest BCUT2D eigenvalue weighted by Gasteiger charge is -1.94. The maximum Gasteiger partial charge on any atom is 0.137 e. The Balaban J connectivity index is 2.45. The molecule has 2 rings (SSSR count). The van der Waals surface area contributed by atoms with E-state index in [0.717, 1.165) is 23.5 Å². The predicted molar refractivity (Wildman–Crippen MR) is 50.5 cm³/mol. The third kappa shape index (κ3) is 1.39. The molecule has 0 spiro atoms. The summed E-state index contributed by atoms with van der Waals surface area (Å²) in [4.78, 5) is 0. The van der Waals surface area contributed by atoms with Gasteiger partial charge in [0.2, 0.25) is 0 Å². The van der Waals surface area contributed by atoms with Crippen molar-refractivity contribution in [1.29, 1.82) is 0 Å². The highest BCUT2D eigenvalue weighted by molar-refractivity contribution is 5.60. The minimum atomic E-state index is 0.892. The van der Waals surface area contributed by atoms with E-state index in [1.54, 1.807) is 12.5 Å². The van der Waals surface area contributed by atoms with Gasteiger partial charge in [-0.05, 0) is 25.5 Å². The monoisotopic (exact) mass is 176 g/mol. The molecular weight excluding hydrogens is 164 g/mol. The van der Waals surface area contributed by atoms with Crippen LogP contribution in [0.25, 0.3) is 11.3 Å². The molecule has 2 aromatic rings. The van der Waals surface area contributed by atoms with Crippen LogP contribution in [0, 0.1) is 6.92 Å². The van der Waals surface area contributed by atoms with Crippen molar-refractivity contribution in [1.82, 2.24) is 0 Å². The summed E-state index contributed by atoms with van der Waals surface area (Å²) >= 11 is 0. The van der Waals surface area contributed by atoms with E-state index in [1.165, 1.54) is 5.56 Å².